The molecule has 2 aromatic rings. The van der Waals surface area contributed by atoms with Gasteiger partial charge >= 0.3 is 0 Å². The minimum Gasteiger partial charge on any atom is -0.504 e. The van der Waals surface area contributed by atoms with Crippen molar-refractivity contribution in [2.24, 2.45) is 0 Å². The quantitative estimate of drug-likeness (QED) is 0.732. The van der Waals surface area contributed by atoms with E-state index in [9.17, 15) is 9.90 Å². The van der Waals surface area contributed by atoms with E-state index in [2.05, 4.69) is 10.3 Å². The number of para-hydroxylation sites is 2. The smallest absolute Gasteiger partial charge is 0.225 e. The zero-order valence-corrected chi connectivity index (χ0v) is 13.0. The normalized spacial score (nSPS) is 10.1. The molecule has 0 atom stereocenters. The Bertz CT molecular complexity index is 646. The molecule has 2 rings (SSSR count). The maximum atomic E-state index is 11.8. The number of aromatic hydroxyl groups is 1. The molecule has 6 nitrogen and oxygen atoms in total. The van der Waals surface area contributed by atoms with E-state index in [0.717, 1.165) is 0 Å². The fourth-order valence-electron chi connectivity index (χ4n) is 1.95. The lowest BCUT2D eigenvalue weighted by atomic mass is 10.3. The Morgan fingerprint density at radius 1 is 1.17 bits per heavy atom. The lowest BCUT2D eigenvalue weighted by Crippen LogP contribution is -2.13. The number of anilines is 1. The summed E-state index contributed by atoms with van der Waals surface area (Å²) in [4.78, 5) is 15.7. The van der Waals surface area contributed by atoms with E-state index in [0.29, 0.717) is 31.1 Å². The van der Waals surface area contributed by atoms with Gasteiger partial charge in [-0.15, -0.1) is 0 Å². The Morgan fingerprint density at radius 3 is 2.61 bits per heavy atom. The summed E-state index contributed by atoms with van der Waals surface area (Å²) in [6.07, 6.45) is 2.32. The van der Waals surface area contributed by atoms with Gasteiger partial charge in [-0.2, -0.15) is 0 Å². The van der Waals surface area contributed by atoms with Crippen LogP contribution in [0.1, 0.15) is 19.8 Å². The number of pyridine rings is 1. The molecule has 0 bridgehead atoms. The minimum atomic E-state index is -0.222. The molecular weight excluding hydrogens is 296 g/mol. The number of nitrogens with one attached hydrogen (secondary N) is 1. The first-order valence-corrected chi connectivity index (χ1v) is 7.49. The molecule has 1 amide bonds. The van der Waals surface area contributed by atoms with Crippen LogP contribution in [0.15, 0.2) is 42.6 Å². The van der Waals surface area contributed by atoms with E-state index in [1.165, 1.54) is 12.3 Å². The molecule has 0 aliphatic rings. The van der Waals surface area contributed by atoms with Crippen molar-refractivity contribution in [3.05, 3.63) is 42.6 Å². The van der Waals surface area contributed by atoms with E-state index in [4.69, 9.17) is 9.47 Å². The molecule has 6 heteroatoms. The maximum Gasteiger partial charge on any atom is 0.225 e. The van der Waals surface area contributed by atoms with E-state index in [1.54, 1.807) is 6.07 Å². The molecule has 1 aromatic carbocycles. The third kappa shape index (κ3) is 5.18. The Kier molecular flexibility index (Phi) is 6.23. The van der Waals surface area contributed by atoms with Crippen LogP contribution in [-0.2, 0) is 4.79 Å². The van der Waals surface area contributed by atoms with Gasteiger partial charge in [0, 0.05) is 12.6 Å². The number of carbonyl (C=O) groups excluding carboxylic acids is 1. The van der Waals surface area contributed by atoms with Crippen LogP contribution in [0.25, 0.3) is 0 Å². The lowest BCUT2D eigenvalue weighted by molar-refractivity contribution is -0.116. The van der Waals surface area contributed by atoms with E-state index >= 15 is 0 Å². The summed E-state index contributed by atoms with van der Waals surface area (Å²) in [6.45, 7) is 2.87. The van der Waals surface area contributed by atoms with Gasteiger partial charge in [-0.1, -0.05) is 12.1 Å². The summed E-state index contributed by atoms with van der Waals surface area (Å²) in [5, 5.41) is 12.1. The number of hydrogen-bond acceptors (Lipinski definition) is 5. The van der Waals surface area contributed by atoms with Crippen LogP contribution in [-0.4, -0.2) is 29.2 Å². The molecule has 0 fully saturated rings. The van der Waals surface area contributed by atoms with Gasteiger partial charge in [-0.3, -0.25) is 4.79 Å². The first-order chi connectivity index (χ1) is 11.2. The number of benzene rings is 1. The fourth-order valence-corrected chi connectivity index (χ4v) is 1.95. The number of nitrogens with zero attached hydrogens (tertiary/aromatic N) is 1. The third-order valence-electron chi connectivity index (χ3n) is 3.00. The number of hydrogen-bond donors (Lipinski definition) is 2. The SMILES string of the molecule is CCOc1ccccc1OCCCC(=O)Nc1ncccc1O. The van der Waals surface area contributed by atoms with Crippen molar-refractivity contribution in [3.63, 3.8) is 0 Å². The van der Waals surface area contributed by atoms with Crippen LogP contribution >= 0.6 is 0 Å². The van der Waals surface area contributed by atoms with E-state index < -0.39 is 0 Å². The molecule has 122 valence electrons. The molecule has 0 saturated heterocycles. The van der Waals surface area contributed by atoms with Gasteiger partial charge in [-0.05, 0) is 37.6 Å². The standard InChI is InChI=1S/C17H20N2O4/c1-2-22-14-8-3-4-9-15(14)23-12-6-10-16(21)19-17-13(20)7-5-11-18-17/h3-5,7-9,11,20H,2,6,10,12H2,1H3,(H,18,19,21). The van der Waals surface area contributed by atoms with Gasteiger partial charge < -0.3 is 19.9 Å². The highest BCUT2D eigenvalue weighted by atomic mass is 16.5. The summed E-state index contributed by atoms with van der Waals surface area (Å²) in [5.41, 5.74) is 0. The lowest BCUT2D eigenvalue weighted by Gasteiger charge is -2.11. The van der Waals surface area contributed by atoms with Gasteiger partial charge in [0.25, 0.3) is 0 Å². The number of carbonyl (C=O) groups is 1. The molecule has 0 spiro atoms. The average molecular weight is 316 g/mol. The van der Waals surface area contributed by atoms with E-state index in [-0.39, 0.29) is 23.9 Å². The highest BCUT2D eigenvalue weighted by Gasteiger charge is 2.08. The zero-order chi connectivity index (χ0) is 16.5. The van der Waals surface area contributed by atoms with Crippen LogP contribution in [0.3, 0.4) is 0 Å². The molecule has 0 radical (unpaired) electrons. The predicted octanol–water partition coefficient (Wildman–Crippen LogP) is 2.98. The average Bonchev–Trinajstić information content (AvgIpc) is 2.55. The Labute approximate surface area is 135 Å². The summed E-state index contributed by atoms with van der Waals surface area (Å²) in [5.74, 6) is 1.25. The largest absolute Gasteiger partial charge is 0.504 e. The molecule has 0 aliphatic heterocycles. The number of amides is 1. The van der Waals surface area contributed by atoms with E-state index in [1.807, 2.05) is 31.2 Å². The fraction of sp³-hybridized carbons (Fsp3) is 0.294. The van der Waals surface area contributed by atoms with Gasteiger partial charge in [0.2, 0.25) is 5.91 Å². The summed E-state index contributed by atoms with van der Waals surface area (Å²) in [7, 11) is 0. The number of aromatic nitrogens is 1. The third-order valence-corrected chi connectivity index (χ3v) is 3.00. The Balaban J connectivity index is 1.75. The molecule has 23 heavy (non-hydrogen) atoms. The predicted molar refractivity (Wildman–Crippen MR) is 86.9 cm³/mol. The van der Waals surface area contributed by atoms with Crippen molar-refractivity contribution >= 4 is 11.7 Å². The second-order valence-electron chi connectivity index (χ2n) is 4.75. The molecular formula is C17H20N2O4. The first-order valence-electron chi connectivity index (χ1n) is 7.49. The number of ether oxygens (including phenoxy) is 2. The minimum absolute atomic E-state index is 0.0530. The van der Waals surface area contributed by atoms with Crippen molar-refractivity contribution in [1.29, 1.82) is 0 Å². The Hall–Kier alpha value is -2.76. The van der Waals surface area contributed by atoms with Crippen molar-refractivity contribution in [3.8, 4) is 17.2 Å². The summed E-state index contributed by atoms with van der Waals surface area (Å²) >= 11 is 0. The highest BCUT2D eigenvalue weighted by Crippen LogP contribution is 2.26. The molecule has 0 aliphatic carbocycles. The van der Waals surface area contributed by atoms with Crippen LogP contribution in [0, 0.1) is 0 Å². The monoisotopic (exact) mass is 316 g/mol. The van der Waals surface area contributed by atoms with Crippen LogP contribution in [0.5, 0.6) is 17.2 Å². The first kappa shape index (κ1) is 16.6. The molecule has 2 N–H and O–H groups in total. The van der Waals surface area contributed by atoms with Gasteiger partial charge in [0.15, 0.2) is 23.1 Å². The van der Waals surface area contributed by atoms with Crippen LogP contribution in [0.2, 0.25) is 0 Å². The second kappa shape index (κ2) is 8.63. The van der Waals surface area contributed by atoms with Crippen LogP contribution < -0.4 is 14.8 Å². The van der Waals surface area contributed by atoms with Crippen molar-refractivity contribution < 1.29 is 19.4 Å². The molecule has 1 aromatic heterocycles. The van der Waals surface area contributed by atoms with Crippen molar-refractivity contribution in [2.75, 3.05) is 18.5 Å². The van der Waals surface area contributed by atoms with Crippen LogP contribution in [0.4, 0.5) is 5.82 Å². The second-order valence-corrected chi connectivity index (χ2v) is 4.75. The maximum absolute atomic E-state index is 11.8. The highest BCUT2D eigenvalue weighted by molar-refractivity contribution is 5.90. The van der Waals surface area contributed by atoms with Gasteiger partial charge in [-0.25, -0.2) is 4.98 Å². The zero-order valence-electron chi connectivity index (χ0n) is 13.0. The topological polar surface area (TPSA) is 80.7 Å². The Morgan fingerprint density at radius 2 is 1.91 bits per heavy atom. The van der Waals surface area contributed by atoms with Crippen molar-refractivity contribution in [2.45, 2.75) is 19.8 Å². The molecule has 0 saturated carbocycles. The van der Waals surface area contributed by atoms with Gasteiger partial charge in [0.1, 0.15) is 0 Å². The molecule has 0 unspecified atom stereocenters. The summed E-state index contributed by atoms with van der Waals surface area (Å²) in [6, 6.07) is 10.5. The summed E-state index contributed by atoms with van der Waals surface area (Å²) < 4.78 is 11.1. The van der Waals surface area contributed by atoms with Crippen molar-refractivity contribution in [1.82, 2.24) is 4.98 Å². The van der Waals surface area contributed by atoms with Gasteiger partial charge in [0.05, 0.1) is 13.2 Å². The molecule has 1 heterocycles. The number of rotatable bonds is 8.